The second-order valence-corrected chi connectivity index (χ2v) is 7.34. The number of nitrogens with zero attached hydrogens (tertiary/aromatic N) is 2. The van der Waals surface area contributed by atoms with Crippen LogP contribution in [0.25, 0.3) is 16.9 Å². The van der Waals surface area contributed by atoms with Gasteiger partial charge in [0, 0.05) is 11.3 Å². The highest BCUT2D eigenvalue weighted by molar-refractivity contribution is 6.01. The zero-order valence-electron chi connectivity index (χ0n) is 18.1. The van der Waals surface area contributed by atoms with Crippen molar-refractivity contribution in [1.29, 1.82) is 0 Å². The monoisotopic (exact) mass is 410 g/mol. The Morgan fingerprint density at radius 2 is 1.52 bits per heavy atom. The number of methoxy groups -OCH3 is 1. The van der Waals surface area contributed by atoms with Gasteiger partial charge in [0.15, 0.2) is 0 Å². The van der Waals surface area contributed by atoms with Gasteiger partial charge in [0.05, 0.1) is 24.2 Å². The highest BCUT2D eigenvalue weighted by atomic mass is 16.6. The van der Waals surface area contributed by atoms with Crippen molar-refractivity contribution in [2.45, 2.75) is 20.5 Å². The highest BCUT2D eigenvalue weighted by Crippen LogP contribution is 2.33. The molecule has 0 radical (unpaired) electrons. The number of ether oxygens (including phenoxy) is 1. The van der Waals surface area contributed by atoms with E-state index in [1.807, 2.05) is 73.7 Å². The Labute approximate surface area is 183 Å². The van der Waals surface area contributed by atoms with Gasteiger partial charge in [0.2, 0.25) is 0 Å². The second-order valence-electron chi connectivity index (χ2n) is 7.34. The van der Waals surface area contributed by atoms with Crippen LogP contribution in [-0.2, 0) is 11.4 Å². The van der Waals surface area contributed by atoms with E-state index in [0.29, 0.717) is 6.61 Å². The Kier molecular flexibility index (Phi) is 6.18. The molecule has 0 bridgehead atoms. The minimum Gasteiger partial charge on any atom is -0.495 e. The van der Waals surface area contributed by atoms with E-state index in [9.17, 15) is 0 Å². The van der Waals surface area contributed by atoms with Gasteiger partial charge < -0.3 is 14.1 Å². The first-order valence-corrected chi connectivity index (χ1v) is 10.3. The Morgan fingerprint density at radius 3 is 2.23 bits per heavy atom. The van der Waals surface area contributed by atoms with E-state index in [-0.39, 0.29) is 0 Å². The van der Waals surface area contributed by atoms with Gasteiger partial charge in [-0.1, -0.05) is 78.0 Å². The van der Waals surface area contributed by atoms with Crippen molar-refractivity contribution < 1.29 is 9.57 Å². The van der Waals surface area contributed by atoms with Crippen LogP contribution in [0.15, 0.2) is 96.2 Å². The molecule has 4 heteroatoms. The van der Waals surface area contributed by atoms with Gasteiger partial charge in [-0.3, -0.25) is 0 Å². The first-order chi connectivity index (χ1) is 15.2. The summed E-state index contributed by atoms with van der Waals surface area (Å²) in [6, 6.07) is 30.6. The first kappa shape index (κ1) is 20.5. The Hall–Kier alpha value is -3.79. The zero-order chi connectivity index (χ0) is 21.6. The van der Waals surface area contributed by atoms with Gasteiger partial charge in [-0.15, -0.1) is 0 Å². The number of para-hydroxylation sites is 2. The van der Waals surface area contributed by atoms with Crippen LogP contribution in [0.3, 0.4) is 0 Å². The van der Waals surface area contributed by atoms with Crippen LogP contribution in [0.2, 0.25) is 0 Å². The van der Waals surface area contributed by atoms with Crippen LogP contribution < -0.4 is 4.74 Å². The summed E-state index contributed by atoms with van der Waals surface area (Å²) in [7, 11) is 1.70. The van der Waals surface area contributed by atoms with Gasteiger partial charge in [-0.05, 0) is 43.2 Å². The van der Waals surface area contributed by atoms with E-state index in [1.54, 1.807) is 7.11 Å². The third-order valence-electron chi connectivity index (χ3n) is 5.31. The molecule has 0 amide bonds. The predicted molar refractivity (Wildman–Crippen MR) is 126 cm³/mol. The van der Waals surface area contributed by atoms with Crippen LogP contribution in [0, 0.1) is 6.92 Å². The number of aromatic nitrogens is 1. The van der Waals surface area contributed by atoms with Crippen molar-refractivity contribution in [3.05, 3.63) is 108 Å². The molecule has 156 valence electrons. The van der Waals surface area contributed by atoms with Gasteiger partial charge >= 0.3 is 0 Å². The molecule has 0 fully saturated rings. The first-order valence-electron chi connectivity index (χ1n) is 10.3. The molecule has 4 aromatic rings. The summed E-state index contributed by atoms with van der Waals surface area (Å²) in [6.07, 6.45) is 0. The molecule has 0 atom stereocenters. The standard InChI is InChI=1S/C27H26N2O2/c1-20(28-31-19-22-12-6-4-7-13-22)24-18-26(23-14-8-5-9-15-23)29(21(24)2)25-16-10-11-17-27(25)30-3/h4-18H,19H2,1-3H3/b28-20+. The minimum absolute atomic E-state index is 0.440. The maximum Gasteiger partial charge on any atom is 0.142 e. The molecule has 0 aliphatic heterocycles. The molecule has 0 aliphatic carbocycles. The summed E-state index contributed by atoms with van der Waals surface area (Å²) < 4.78 is 7.88. The Morgan fingerprint density at radius 1 is 0.871 bits per heavy atom. The van der Waals surface area contributed by atoms with Crippen molar-refractivity contribution in [2.24, 2.45) is 5.16 Å². The molecule has 4 nitrogen and oxygen atoms in total. The van der Waals surface area contributed by atoms with E-state index < -0.39 is 0 Å². The van der Waals surface area contributed by atoms with E-state index in [2.05, 4.69) is 40.9 Å². The molecule has 0 spiro atoms. The molecule has 0 N–H and O–H groups in total. The lowest BCUT2D eigenvalue weighted by atomic mass is 10.1. The molecule has 31 heavy (non-hydrogen) atoms. The average molecular weight is 411 g/mol. The molecule has 1 heterocycles. The average Bonchev–Trinajstić information content (AvgIpc) is 3.17. The number of hydrogen-bond donors (Lipinski definition) is 0. The van der Waals surface area contributed by atoms with Crippen LogP contribution in [-0.4, -0.2) is 17.4 Å². The van der Waals surface area contributed by atoms with Crippen LogP contribution in [0.4, 0.5) is 0 Å². The summed E-state index contributed by atoms with van der Waals surface area (Å²) in [4.78, 5) is 5.65. The predicted octanol–water partition coefficient (Wildman–Crippen LogP) is 6.40. The molecular formula is C27H26N2O2. The molecular weight excluding hydrogens is 384 g/mol. The third-order valence-corrected chi connectivity index (χ3v) is 5.31. The Balaban J connectivity index is 1.76. The zero-order valence-corrected chi connectivity index (χ0v) is 18.1. The van der Waals surface area contributed by atoms with Crippen LogP contribution in [0.5, 0.6) is 5.75 Å². The topological polar surface area (TPSA) is 35.8 Å². The fourth-order valence-electron chi connectivity index (χ4n) is 3.75. The van der Waals surface area contributed by atoms with Gasteiger partial charge in [-0.2, -0.15) is 0 Å². The minimum atomic E-state index is 0.440. The van der Waals surface area contributed by atoms with Crippen molar-refractivity contribution >= 4 is 5.71 Å². The molecule has 4 rings (SSSR count). The molecule has 0 saturated heterocycles. The fraction of sp³-hybridized carbons (Fsp3) is 0.148. The van der Waals surface area contributed by atoms with E-state index in [4.69, 9.17) is 9.57 Å². The normalized spacial score (nSPS) is 11.4. The summed E-state index contributed by atoms with van der Waals surface area (Å²) in [5.41, 5.74) is 7.24. The largest absolute Gasteiger partial charge is 0.495 e. The van der Waals surface area contributed by atoms with Gasteiger partial charge in [-0.25, -0.2) is 0 Å². The second kappa shape index (κ2) is 9.35. The van der Waals surface area contributed by atoms with E-state index in [1.165, 1.54) is 0 Å². The van der Waals surface area contributed by atoms with Crippen molar-refractivity contribution in [2.75, 3.05) is 7.11 Å². The van der Waals surface area contributed by atoms with Crippen molar-refractivity contribution in [3.8, 4) is 22.7 Å². The third kappa shape index (κ3) is 4.38. The van der Waals surface area contributed by atoms with Crippen LogP contribution >= 0.6 is 0 Å². The summed E-state index contributed by atoms with van der Waals surface area (Å²) in [5.74, 6) is 0.819. The SMILES string of the molecule is COc1ccccc1-n1c(-c2ccccc2)cc(/C(C)=N/OCc2ccccc2)c1C. The summed E-state index contributed by atoms with van der Waals surface area (Å²) in [6.45, 7) is 4.52. The quantitative estimate of drug-likeness (QED) is 0.261. The van der Waals surface area contributed by atoms with Gasteiger partial charge in [0.25, 0.3) is 0 Å². The van der Waals surface area contributed by atoms with E-state index in [0.717, 1.165) is 45.2 Å². The Bertz CT molecular complexity index is 1180. The maximum atomic E-state index is 5.65. The van der Waals surface area contributed by atoms with Crippen molar-refractivity contribution in [1.82, 2.24) is 4.57 Å². The lowest BCUT2D eigenvalue weighted by molar-refractivity contribution is 0.130. The van der Waals surface area contributed by atoms with Crippen LogP contribution in [0.1, 0.15) is 23.7 Å². The fourth-order valence-corrected chi connectivity index (χ4v) is 3.75. The summed E-state index contributed by atoms with van der Waals surface area (Å²) >= 11 is 0. The number of hydrogen-bond acceptors (Lipinski definition) is 3. The molecule has 1 aromatic heterocycles. The van der Waals surface area contributed by atoms with Gasteiger partial charge in [0.1, 0.15) is 12.4 Å². The van der Waals surface area contributed by atoms with Crippen molar-refractivity contribution in [3.63, 3.8) is 0 Å². The molecule has 0 aliphatic rings. The number of benzene rings is 3. The molecule has 3 aromatic carbocycles. The lowest BCUT2D eigenvalue weighted by Crippen LogP contribution is -2.04. The molecule has 0 saturated carbocycles. The maximum absolute atomic E-state index is 5.65. The smallest absolute Gasteiger partial charge is 0.142 e. The van der Waals surface area contributed by atoms with E-state index >= 15 is 0 Å². The highest BCUT2D eigenvalue weighted by Gasteiger charge is 2.19. The number of rotatable bonds is 7. The number of oxime groups is 1. The molecule has 0 unspecified atom stereocenters. The summed E-state index contributed by atoms with van der Waals surface area (Å²) in [5, 5.41) is 4.41. The lowest BCUT2D eigenvalue weighted by Gasteiger charge is -2.15.